The fourth-order valence-corrected chi connectivity index (χ4v) is 4.67. The Kier molecular flexibility index (Phi) is 9.87. The van der Waals surface area contributed by atoms with Crippen molar-refractivity contribution in [1.29, 1.82) is 0 Å². The number of hydrogen-bond acceptors (Lipinski definition) is 5. The van der Waals surface area contributed by atoms with Crippen LogP contribution in [0.2, 0.25) is 15.1 Å². The summed E-state index contributed by atoms with van der Waals surface area (Å²) in [5.74, 6) is -0.809. The molecule has 0 radical (unpaired) electrons. The van der Waals surface area contributed by atoms with E-state index in [0.717, 1.165) is 10.6 Å². The van der Waals surface area contributed by atoms with Crippen LogP contribution in [0, 0.1) is 0 Å². The van der Waals surface area contributed by atoms with E-state index in [4.69, 9.17) is 39.5 Å². The largest absolute Gasteiger partial charge is 0.495 e. The van der Waals surface area contributed by atoms with E-state index < -0.39 is 34.4 Å². The van der Waals surface area contributed by atoms with Crippen LogP contribution in [0.15, 0.2) is 36.4 Å². The lowest BCUT2D eigenvalue weighted by Crippen LogP contribution is -2.51. The van der Waals surface area contributed by atoms with Crippen LogP contribution in [0.1, 0.15) is 19.4 Å². The van der Waals surface area contributed by atoms with Crippen molar-refractivity contribution in [2.45, 2.75) is 26.4 Å². The lowest BCUT2D eigenvalue weighted by atomic mass is 10.1. The van der Waals surface area contributed by atoms with E-state index in [-0.39, 0.29) is 23.0 Å². The summed E-state index contributed by atoms with van der Waals surface area (Å²) in [6.45, 7) is 3.03. The van der Waals surface area contributed by atoms with Crippen molar-refractivity contribution < 1.29 is 22.7 Å². The number of halogens is 3. The molecule has 0 saturated carbocycles. The van der Waals surface area contributed by atoms with Crippen LogP contribution >= 0.6 is 34.8 Å². The fraction of sp³-hybridized carbons (Fsp3) is 0.364. The van der Waals surface area contributed by atoms with Gasteiger partial charge in [0.2, 0.25) is 21.8 Å². The van der Waals surface area contributed by atoms with E-state index in [1.807, 2.05) is 0 Å². The Morgan fingerprint density at radius 2 is 1.71 bits per heavy atom. The third-order valence-electron chi connectivity index (χ3n) is 4.96. The molecule has 1 N–H and O–H groups in total. The average Bonchev–Trinajstić information content (AvgIpc) is 2.75. The minimum Gasteiger partial charge on any atom is -0.495 e. The van der Waals surface area contributed by atoms with Gasteiger partial charge in [-0.3, -0.25) is 13.9 Å². The van der Waals surface area contributed by atoms with Crippen molar-refractivity contribution in [2.24, 2.45) is 0 Å². The first-order valence-corrected chi connectivity index (χ1v) is 13.2. The Hall–Kier alpha value is -2.20. The van der Waals surface area contributed by atoms with E-state index in [9.17, 15) is 18.0 Å². The van der Waals surface area contributed by atoms with Crippen molar-refractivity contribution in [2.75, 3.05) is 30.8 Å². The molecule has 8 nitrogen and oxygen atoms in total. The number of carbonyl (C=O) groups excluding carboxylic acids is 2. The van der Waals surface area contributed by atoms with Gasteiger partial charge < -0.3 is 15.0 Å². The molecular formula is C22H26Cl3N3O5S. The number of hydrogen-bond donors (Lipinski definition) is 1. The van der Waals surface area contributed by atoms with Gasteiger partial charge in [0.25, 0.3) is 0 Å². The van der Waals surface area contributed by atoms with E-state index in [2.05, 4.69) is 5.32 Å². The normalized spacial score (nSPS) is 12.1. The average molecular weight is 551 g/mol. The van der Waals surface area contributed by atoms with Crippen LogP contribution in [-0.2, 0) is 26.2 Å². The number of nitrogens with zero attached hydrogens (tertiary/aromatic N) is 2. The molecule has 0 aromatic heterocycles. The summed E-state index contributed by atoms with van der Waals surface area (Å²) in [5, 5.41) is 3.66. The molecule has 2 aromatic rings. The molecule has 0 aliphatic rings. The lowest BCUT2D eigenvalue weighted by molar-refractivity contribution is -0.139. The summed E-state index contributed by atoms with van der Waals surface area (Å²) in [6, 6.07) is 8.30. The maximum Gasteiger partial charge on any atom is 0.244 e. The second-order valence-electron chi connectivity index (χ2n) is 7.41. The van der Waals surface area contributed by atoms with Crippen LogP contribution in [0.3, 0.4) is 0 Å². The predicted octanol–water partition coefficient (Wildman–Crippen LogP) is 3.97. The summed E-state index contributed by atoms with van der Waals surface area (Å²) >= 11 is 18.3. The fourth-order valence-electron chi connectivity index (χ4n) is 3.19. The first-order chi connectivity index (χ1) is 15.9. The molecule has 0 aliphatic carbocycles. The summed E-state index contributed by atoms with van der Waals surface area (Å²) in [7, 11) is -2.56. The minimum absolute atomic E-state index is 0.0442. The molecule has 0 bridgehead atoms. The zero-order chi connectivity index (χ0) is 25.6. The molecule has 2 rings (SSSR count). The molecule has 0 heterocycles. The zero-order valence-corrected chi connectivity index (χ0v) is 22.2. The number of benzene rings is 2. The summed E-state index contributed by atoms with van der Waals surface area (Å²) < 4.78 is 31.5. The number of likely N-dealkylation sites (N-methyl/N-ethyl adjacent to an activating group) is 1. The van der Waals surface area contributed by atoms with Gasteiger partial charge in [-0.2, -0.15) is 0 Å². The van der Waals surface area contributed by atoms with E-state index in [0.29, 0.717) is 22.2 Å². The Labute approximate surface area is 214 Å². The summed E-state index contributed by atoms with van der Waals surface area (Å²) in [5.41, 5.74) is 0.641. The monoisotopic (exact) mass is 549 g/mol. The molecule has 0 fully saturated rings. The van der Waals surface area contributed by atoms with Gasteiger partial charge in [-0.05, 0) is 49.7 Å². The number of ether oxygens (including phenoxy) is 1. The third-order valence-corrected chi connectivity index (χ3v) is 6.91. The van der Waals surface area contributed by atoms with Gasteiger partial charge >= 0.3 is 0 Å². The number of rotatable bonds is 10. The maximum atomic E-state index is 13.5. The molecule has 0 unspecified atom stereocenters. The molecule has 0 spiro atoms. The van der Waals surface area contributed by atoms with Gasteiger partial charge in [0.05, 0.1) is 19.1 Å². The second kappa shape index (κ2) is 12.0. The van der Waals surface area contributed by atoms with Crippen LogP contribution in [-0.4, -0.2) is 57.6 Å². The van der Waals surface area contributed by atoms with Gasteiger partial charge in [-0.15, -0.1) is 0 Å². The number of anilines is 1. The first-order valence-electron chi connectivity index (χ1n) is 10.2. The number of carbonyl (C=O) groups is 2. The molecule has 0 saturated heterocycles. The Balaban J connectivity index is 2.49. The molecule has 34 heavy (non-hydrogen) atoms. The Bertz CT molecular complexity index is 1160. The standard InChI is InChI=1S/C22H26Cl3N3O5S/c1-5-26-22(30)14(2)27(12-15-6-7-16(23)10-18(15)25)21(29)13-28(34(4,31)32)19-11-17(24)8-9-20(19)33-3/h6-11,14H,5,12-13H2,1-4H3,(H,26,30)/t14-/m1/s1. The van der Waals surface area contributed by atoms with Crippen LogP contribution in [0.4, 0.5) is 5.69 Å². The number of amides is 2. The lowest BCUT2D eigenvalue weighted by Gasteiger charge is -2.32. The molecule has 186 valence electrons. The van der Waals surface area contributed by atoms with E-state index in [1.54, 1.807) is 26.0 Å². The van der Waals surface area contributed by atoms with E-state index >= 15 is 0 Å². The van der Waals surface area contributed by atoms with Crippen molar-refractivity contribution >= 4 is 62.3 Å². The molecule has 2 aromatic carbocycles. The Morgan fingerprint density at radius 3 is 2.26 bits per heavy atom. The summed E-state index contributed by atoms with van der Waals surface area (Å²) in [6.07, 6.45) is 0.967. The first kappa shape index (κ1) is 28.0. The molecule has 12 heteroatoms. The maximum absolute atomic E-state index is 13.5. The highest BCUT2D eigenvalue weighted by Gasteiger charge is 2.31. The predicted molar refractivity (Wildman–Crippen MR) is 135 cm³/mol. The quantitative estimate of drug-likeness (QED) is 0.483. The van der Waals surface area contributed by atoms with Crippen molar-refractivity contribution in [3.05, 3.63) is 57.0 Å². The zero-order valence-electron chi connectivity index (χ0n) is 19.1. The van der Waals surface area contributed by atoms with Gasteiger partial charge in [-0.1, -0.05) is 40.9 Å². The highest BCUT2D eigenvalue weighted by Crippen LogP contribution is 2.33. The van der Waals surface area contributed by atoms with Crippen molar-refractivity contribution in [3.8, 4) is 5.75 Å². The second-order valence-corrected chi connectivity index (χ2v) is 10.6. The van der Waals surface area contributed by atoms with Crippen molar-refractivity contribution in [1.82, 2.24) is 10.2 Å². The molecule has 1 atom stereocenters. The number of nitrogens with one attached hydrogen (secondary N) is 1. The summed E-state index contributed by atoms with van der Waals surface area (Å²) in [4.78, 5) is 27.3. The van der Waals surface area contributed by atoms with Gasteiger partial charge in [0, 0.05) is 28.2 Å². The van der Waals surface area contributed by atoms with Gasteiger partial charge in [0.15, 0.2) is 0 Å². The third kappa shape index (κ3) is 7.15. The molecular weight excluding hydrogens is 525 g/mol. The SMILES string of the molecule is CCNC(=O)[C@@H](C)N(Cc1ccc(Cl)cc1Cl)C(=O)CN(c1cc(Cl)ccc1OC)S(C)(=O)=O. The van der Waals surface area contributed by atoms with Gasteiger partial charge in [0.1, 0.15) is 18.3 Å². The Morgan fingerprint density at radius 1 is 1.09 bits per heavy atom. The minimum atomic E-state index is -3.94. The number of sulfonamides is 1. The van der Waals surface area contributed by atoms with E-state index in [1.165, 1.54) is 36.3 Å². The van der Waals surface area contributed by atoms with Gasteiger partial charge in [-0.25, -0.2) is 8.42 Å². The van der Waals surface area contributed by atoms with Crippen LogP contribution < -0.4 is 14.4 Å². The topological polar surface area (TPSA) is 96.0 Å². The highest BCUT2D eigenvalue weighted by molar-refractivity contribution is 7.92. The van der Waals surface area contributed by atoms with Crippen LogP contribution in [0.25, 0.3) is 0 Å². The smallest absolute Gasteiger partial charge is 0.244 e. The molecule has 2 amide bonds. The van der Waals surface area contributed by atoms with Crippen molar-refractivity contribution in [3.63, 3.8) is 0 Å². The van der Waals surface area contributed by atoms with Crippen LogP contribution in [0.5, 0.6) is 5.75 Å². The molecule has 0 aliphatic heterocycles. The number of methoxy groups -OCH3 is 1. The highest BCUT2D eigenvalue weighted by atomic mass is 35.5.